The molecule has 96 valence electrons. The number of aromatic nitrogens is 1. The molecule has 0 aliphatic rings. The van der Waals surface area contributed by atoms with E-state index in [1.165, 1.54) is 4.88 Å². The van der Waals surface area contributed by atoms with Gasteiger partial charge in [-0.3, -0.25) is 0 Å². The van der Waals surface area contributed by atoms with Gasteiger partial charge in [-0.05, 0) is 60.2 Å². The molecule has 0 amide bonds. The number of hydrogen-bond acceptors (Lipinski definition) is 3. The van der Waals surface area contributed by atoms with Gasteiger partial charge in [0.25, 0.3) is 0 Å². The fraction of sp³-hybridized carbons (Fsp3) is 0.308. The van der Waals surface area contributed by atoms with E-state index in [4.69, 9.17) is 0 Å². The zero-order chi connectivity index (χ0) is 13.3. The lowest BCUT2D eigenvalue weighted by Gasteiger charge is -2.11. The third kappa shape index (κ3) is 3.31. The summed E-state index contributed by atoms with van der Waals surface area (Å²) in [6, 6.07) is 5.96. The van der Waals surface area contributed by atoms with Crippen molar-refractivity contribution >= 4 is 49.9 Å². The van der Waals surface area contributed by atoms with E-state index in [-0.39, 0.29) is 0 Å². The van der Waals surface area contributed by atoms with Crippen molar-refractivity contribution < 1.29 is 5.11 Å². The molecule has 0 aliphatic carbocycles. The summed E-state index contributed by atoms with van der Waals surface area (Å²) in [5, 5.41) is 11.3. The number of rotatable bonds is 3. The second-order valence-electron chi connectivity index (χ2n) is 4.13. The van der Waals surface area contributed by atoms with E-state index < -0.39 is 6.10 Å². The maximum atomic E-state index is 10.3. The van der Waals surface area contributed by atoms with Gasteiger partial charge >= 0.3 is 0 Å². The Hall–Kier alpha value is 0.0200. The largest absolute Gasteiger partial charge is 0.388 e. The lowest BCUT2D eigenvalue weighted by molar-refractivity contribution is 0.177. The monoisotopic (exact) mass is 437 g/mol. The Bertz CT molecular complexity index is 551. The summed E-state index contributed by atoms with van der Waals surface area (Å²) in [4.78, 5) is 5.70. The minimum absolute atomic E-state index is 0.501. The predicted octanol–water partition coefficient (Wildman–Crippen LogP) is 4.40. The molecular formula is C13H13BrINOS. The van der Waals surface area contributed by atoms with E-state index >= 15 is 0 Å². The number of thiazole rings is 1. The summed E-state index contributed by atoms with van der Waals surface area (Å²) in [6.45, 7) is 4.07. The molecule has 1 unspecified atom stereocenters. The average molecular weight is 438 g/mol. The average Bonchev–Trinajstić information content (AvgIpc) is 2.61. The van der Waals surface area contributed by atoms with Crippen molar-refractivity contribution in [1.29, 1.82) is 0 Å². The fourth-order valence-corrected chi connectivity index (χ4v) is 3.72. The first kappa shape index (κ1) is 14.4. The Kier molecular flexibility index (Phi) is 4.80. The molecule has 2 aromatic rings. The maximum Gasteiger partial charge on any atom is 0.0960 e. The van der Waals surface area contributed by atoms with Crippen molar-refractivity contribution in [3.8, 4) is 0 Å². The molecule has 0 radical (unpaired) electrons. The SMILES string of the molecule is Cc1nc(CC(O)c2cc(Br)ccc2I)sc1C. The van der Waals surface area contributed by atoms with E-state index in [1.807, 2.05) is 25.1 Å². The van der Waals surface area contributed by atoms with Crippen molar-refractivity contribution in [2.75, 3.05) is 0 Å². The highest BCUT2D eigenvalue weighted by Crippen LogP contribution is 2.28. The third-order valence-electron chi connectivity index (χ3n) is 2.76. The molecule has 18 heavy (non-hydrogen) atoms. The number of aliphatic hydroxyl groups excluding tert-OH is 1. The molecule has 0 saturated carbocycles. The zero-order valence-corrected chi connectivity index (χ0v) is 14.6. The molecule has 0 fully saturated rings. The maximum absolute atomic E-state index is 10.3. The van der Waals surface area contributed by atoms with Gasteiger partial charge in [-0.15, -0.1) is 11.3 Å². The number of halogens is 2. The van der Waals surface area contributed by atoms with E-state index in [9.17, 15) is 5.11 Å². The molecule has 2 nitrogen and oxygen atoms in total. The van der Waals surface area contributed by atoms with Crippen LogP contribution in [0.25, 0.3) is 0 Å². The first-order chi connectivity index (χ1) is 8.47. The third-order valence-corrected chi connectivity index (χ3v) is 5.33. The standard InChI is InChI=1S/C13H13BrINOS/c1-7-8(2)18-13(16-7)6-12(17)10-5-9(14)3-4-11(10)15/h3-5,12,17H,6H2,1-2H3. The summed E-state index contributed by atoms with van der Waals surface area (Å²) < 4.78 is 2.07. The van der Waals surface area contributed by atoms with E-state index in [0.717, 1.165) is 24.3 Å². The van der Waals surface area contributed by atoms with Crippen molar-refractivity contribution in [3.63, 3.8) is 0 Å². The quantitative estimate of drug-likeness (QED) is 0.721. The molecule has 1 N–H and O–H groups in total. The van der Waals surface area contributed by atoms with Crippen LogP contribution in [0, 0.1) is 17.4 Å². The van der Waals surface area contributed by atoms with Gasteiger partial charge in [0.2, 0.25) is 0 Å². The number of aliphatic hydroxyl groups is 1. The van der Waals surface area contributed by atoms with Crippen LogP contribution in [0.4, 0.5) is 0 Å². The smallest absolute Gasteiger partial charge is 0.0960 e. The van der Waals surface area contributed by atoms with Crippen LogP contribution < -0.4 is 0 Å². The predicted molar refractivity (Wildman–Crippen MR) is 87.1 cm³/mol. The van der Waals surface area contributed by atoms with Crippen LogP contribution in [0.2, 0.25) is 0 Å². The Labute approximate surface area is 133 Å². The van der Waals surface area contributed by atoms with Gasteiger partial charge in [-0.2, -0.15) is 0 Å². The Morgan fingerprint density at radius 2 is 2.17 bits per heavy atom. The summed E-state index contributed by atoms with van der Waals surface area (Å²) in [5.41, 5.74) is 2.02. The highest BCUT2D eigenvalue weighted by molar-refractivity contribution is 14.1. The van der Waals surface area contributed by atoms with Gasteiger partial charge in [0.05, 0.1) is 16.8 Å². The molecule has 0 bridgehead atoms. The molecule has 5 heteroatoms. The van der Waals surface area contributed by atoms with Crippen LogP contribution in [0.5, 0.6) is 0 Å². The van der Waals surface area contributed by atoms with Crippen LogP contribution in [0.15, 0.2) is 22.7 Å². The second kappa shape index (κ2) is 5.98. The number of aryl methyl sites for hydroxylation is 2. The second-order valence-corrected chi connectivity index (χ2v) is 7.50. The summed E-state index contributed by atoms with van der Waals surface area (Å²) in [6.07, 6.45) is 0.0746. The molecule has 0 saturated heterocycles. The van der Waals surface area contributed by atoms with Crippen LogP contribution >= 0.6 is 49.9 Å². The van der Waals surface area contributed by atoms with Crippen LogP contribution in [-0.2, 0) is 6.42 Å². The lowest BCUT2D eigenvalue weighted by atomic mass is 10.1. The number of nitrogens with zero attached hydrogens (tertiary/aromatic N) is 1. The van der Waals surface area contributed by atoms with Crippen molar-refractivity contribution in [3.05, 3.63) is 47.4 Å². The summed E-state index contributed by atoms with van der Waals surface area (Å²) >= 11 is 7.35. The molecule has 2 rings (SSSR count). The Balaban J connectivity index is 2.21. The highest BCUT2D eigenvalue weighted by atomic mass is 127. The minimum atomic E-state index is -0.501. The number of benzene rings is 1. The van der Waals surface area contributed by atoms with Gasteiger partial charge < -0.3 is 5.11 Å². The van der Waals surface area contributed by atoms with Gasteiger partial charge in [0.1, 0.15) is 0 Å². The van der Waals surface area contributed by atoms with Gasteiger partial charge in [0.15, 0.2) is 0 Å². The molecule has 1 atom stereocenters. The van der Waals surface area contributed by atoms with Crippen LogP contribution in [-0.4, -0.2) is 10.1 Å². The normalized spacial score (nSPS) is 12.7. The van der Waals surface area contributed by atoms with E-state index in [0.29, 0.717) is 6.42 Å². The van der Waals surface area contributed by atoms with Gasteiger partial charge in [-0.25, -0.2) is 4.98 Å². The summed E-state index contributed by atoms with van der Waals surface area (Å²) in [7, 11) is 0. The highest BCUT2D eigenvalue weighted by Gasteiger charge is 2.15. The first-order valence-corrected chi connectivity index (χ1v) is 8.22. The molecule has 1 heterocycles. The molecule has 0 aliphatic heterocycles. The van der Waals surface area contributed by atoms with Crippen molar-refractivity contribution in [1.82, 2.24) is 4.98 Å². The first-order valence-electron chi connectivity index (χ1n) is 5.53. The van der Waals surface area contributed by atoms with Gasteiger partial charge in [0, 0.05) is 19.3 Å². The van der Waals surface area contributed by atoms with Crippen molar-refractivity contribution in [2.24, 2.45) is 0 Å². The lowest BCUT2D eigenvalue weighted by Crippen LogP contribution is -2.03. The summed E-state index contributed by atoms with van der Waals surface area (Å²) in [5.74, 6) is 0. The van der Waals surface area contributed by atoms with E-state index in [1.54, 1.807) is 11.3 Å². The topological polar surface area (TPSA) is 33.1 Å². The Morgan fingerprint density at radius 3 is 2.78 bits per heavy atom. The minimum Gasteiger partial charge on any atom is -0.388 e. The molecular weight excluding hydrogens is 425 g/mol. The number of hydrogen-bond donors (Lipinski definition) is 1. The molecule has 1 aromatic carbocycles. The molecule has 0 spiro atoms. The van der Waals surface area contributed by atoms with Gasteiger partial charge in [-0.1, -0.05) is 15.9 Å². The molecule has 1 aromatic heterocycles. The fourth-order valence-electron chi connectivity index (χ4n) is 1.67. The van der Waals surface area contributed by atoms with Crippen LogP contribution in [0.3, 0.4) is 0 Å². The van der Waals surface area contributed by atoms with Crippen LogP contribution in [0.1, 0.15) is 27.2 Å². The van der Waals surface area contributed by atoms with E-state index in [2.05, 4.69) is 50.4 Å². The zero-order valence-electron chi connectivity index (χ0n) is 10.1. The Morgan fingerprint density at radius 1 is 1.44 bits per heavy atom. The van der Waals surface area contributed by atoms with Crippen molar-refractivity contribution in [2.45, 2.75) is 26.4 Å².